The van der Waals surface area contributed by atoms with Crippen molar-refractivity contribution in [1.82, 2.24) is 5.32 Å². The summed E-state index contributed by atoms with van der Waals surface area (Å²) in [6.07, 6.45) is 1.22. The minimum Gasteiger partial charge on any atom is -0.493 e. The van der Waals surface area contributed by atoms with E-state index in [1.807, 2.05) is 49.4 Å². The van der Waals surface area contributed by atoms with Crippen molar-refractivity contribution in [2.75, 3.05) is 7.11 Å². The first-order valence-corrected chi connectivity index (χ1v) is 11.3. The molecule has 1 atom stereocenters. The molecule has 2 aromatic carbocycles. The third kappa shape index (κ3) is 4.62. The van der Waals surface area contributed by atoms with E-state index < -0.39 is 5.92 Å². The van der Waals surface area contributed by atoms with E-state index in [2.05, 4.69) is 25.2 Å². The van der Waals surface area contributed by atoms with Gasteiger partial charge in [-0.3, -0.25) is 4.79 Å². The Balaban J connectivity index is 1.69. The van der Waals surface area contributed by atoms with E-state index in [4.69, 9.17) is 21.1 Å². The molecule has 0 saturated carbocycles. The normalized spacial score (nSPS) is 19.5. The summed E-state index contributed by atoms with van der Waals surface area (Å²) in [5.74, 6) is 0.811. The lowest BCUT2D eigenvalue weighted by Crippen LogP contribution is -2.36. The molecule has 33 heavy (non-hydrogen) atoms. The van der Waals surface area contributed by atoms with Gasteiger partial charge in [0.1, 0.15) is 6.61 Å². The number of rotatable bonds is 5. The highest BCUT2D eigenvalue weighted by molar-refractivity contribution is 6.30. The second-order valence-electron chi connectivity index (χ2n) is 9.37. The van der Waals surface area contributed by atoms with E-state index in [9.17, 15) is 10.1 Å². The average Bonchev–Trinajstić information content (AvgIpc) is 2.77. The number of hydrogen-bond donors (Lipinski definition) is 1. The first-order valence-electron chi connectivity index (χ1n) is 10.9. The van der Waals surface area contributed by atoms with Crippen LogP contribution in [0.3, 0.4) is 0 Å². The number of nitrogens with one attached hydrogen (secondary N) is 1. The van der Waals surface area contributed by atoms with Crippen LogP contribution in [0, 0.1) is 16.7 Å². The Bertz CT molecular complexity index is 1200. The van der Waals surface area contributed by atoms with Crippen molar-refractivity contribution in [2.24, 2.45) is 5.41 Å². The second kappa shape index (κ2) is 8.96. The molecule has 1 unspecified atom stereocenters. The molecule has 170 valence electrons. The van der Waals surface area contributed by atoms with Crippen molar-refractivity contribution >= 4 is 17.4 Å². The van der Waals surface area contributed by atoms with Crippen molar-refractivity contribution in [3.05, 3.63) is 81.2 Å². The van der Waals surface area contributed by atoms with Gasteiger partial charge in [-0.05, 0) is 54.2 Å². The van der Waals surface area contributed by atoms with Crippen molar-refractivity contribution < 1.29 is 14.3 Å². The van der Waals surface area contributed by atoms with Gasteiger partial charge in [-0.25, -0.2) is 0 Å². The van der Waals surface area contributed by atoms with Crippen LogP contribution >= 0.6 is 11.6 Å². The molecule has 0 aromatic heterocycles. The molecule has 0 bridgehead atoms. The van der Waals surface area contributed by atoms with E-state index >= 15 is 0 Å². The van der Waals surface area contributed by atoms with Crippen molar-refractivity contribution in [2.45, 2.75) is 46.1 Å². The molecule has 1 N–H and O–H groups in total. The largest absolute Gasteiger partial charge is 0.493 e. The van der Waals surface area contributed by atoms with E-state index in [0.717, 1.165) is 28.9 Å². The Morgan fingerprint density at radius 2 is 1.88 bits per heavy atom. The molecule has 6 heteroatoms. The molecule has 4 rings (SSSR count). The molecular weight excluding hydrogens is 436 g/mol. The first kappa shape index (κ1) is 22.9. The summed E-state index contributed by atoms with van der Waals surface area (Å²) in [6.45, 7) is 6.45. The number of nitrogens with zero attached hydrogens (tertiary/aromatic N) is 1. The van der Waals surface area contributed by atoms with E-state index in [-0.39, 0.29) is 11.2 Å². The zero-order chi connectivity index (χ0) is 23.8. The summed E-state index contributed by atoms with van der Waals surface area (Å²) in [4.78, 5) is 13.2. The Hall–Kier alpha value is -3.23. The highest BCUT2D eigenvalue weighted by Gasteiger charge is 2.41. The highest BCUT2D eigenvalue weighted by Crippen LogP contribution is 2.47. The highest BCUT2D eigenvalue weighted by atomic mass is 35.5. The van der Waals surface area contributed by atoms with Crippen LogP contribution in [-0.4, -0.2) is 12.9 Å². The summed E-state index contributed by atoms with van der Waals surface area (Å²) in [6, 6.07) is 15.4. The van der Waals surface area contributed by atoms with Gasteiger partial charge in [0, 0.05) is 28.4 Å². The Morgan fingerprint density at radius 1 is 1.15 bits per heavy atom. The van der Waals surface area contributed by atoms with Crippen LogP contribution in [0.1, 0.15) is 50.7 Å². The minimum atomic E-state index is -0.422. The minimum absolute atomic E-state index is 0.0843. The fourth-order valence-corrected chi connectivity index (χ4v) is 4.77. The molecule has 1 heterocycles. The van der Waals surface area contributed by atoms with Gasteiger partial charge in [0.25, 0.3) is 0 Å². The van der Waals surface area contributed by atoms with Gasteiger partial charge in [0.2, 0.25) is 0 Å². The number of hydrogen-bond acceptors (Lipinski definition) is 5. The van der Waals surface area contributed by atoms with Crippen LogP contribution in [0.4, 0.5) is 0 Å². The Kier molecular flexibility index (Phi) is 6.23. The number of halogens is 1. The van der Waals surface area contributed by atoms with Crippen molar-refractivity contribution in [1.29, 1.82) is 5.26 Å². The SMILES string of the molecule is COc1cc(C2C(C#N)=C(C)NC3=C2C(=O)CC(C)(C)C3)ccc1OCc1ccc(Cl)cc1. The number of benzene rings is 2. The van der Waals surface area contributed by atoms with Gasteiger partial charge < -0.3 is 14.8 Å². The fourth-order valence-electron chi connectivity index (χ4n) is 4.64. The van der Waals surface area contributed by atoms with Gasteiger partial charge in [0.15, 0.2) is 17.3 Å². The molecule has 0 radical (unpaired) electrons. The topological polar surface area (TPSA) is 71.3 Å². The molecule has 1 aliphatic heterocycles. The summed E-state index contributed by atoms with van der Waals surface area (Å²) in [7, 11) is 1.59. The fraction of sp³-hybridized carbons (Fsp3) is 0.333. The summed E-state index contributed by atoms with van der Waals surface area (Å²) >= 11 is 5.96. The van der Waals surface area contributed by atoms with Crippen LogP contribution in [-0.2, 0) is 11.4 Å². The molecule has 0 spiro atoms. The molecule has 1 aliphatic carbocycles. The van der Waals surface area contributed by atoms with Crippen LogP contribution in [0.15, 0.2) is 65.0 Å². The summed E-state index contributed by atoms with van der Waals surface area (Å²) in [5.41, 5.74) is 4.65. The van der Waals surface area contributed by atoms with Gasteiger partial charge in [0.05, 0.1) is 24.7 Å². The third-order valence-electron chi connectivity index (χ3n) is 6.19. The molecule has 0 fully saturated rings. The van der Waals surface area contributed by atoms with Crippen LogP contribution in [0.5, 0.6) is 11.5 Å². The molecule has 0 amide bonds. The van der Waals surface area contributed by atoms with E-state index in [1.165, 1.54) is 0 Å². The van der Waals surface area contributed by atoms with Gasteiger partial charge in [-0.15, -0.1) is 0 Å². The van der Waals surface area contributed by atoms with Crippen molar-refractivity contribution in [3.63, 3.8) is 0 Å². The van der Waals surface area contributed by atoms with Crippen LogP contribution in [0.2, 0.25) is 5.02 Å². The van der Waals surface area contributed by atoms with Crippen LogP contribution in [0.25, 0.3) is 0 Å². The van der Waals surface area contributed by atoms with E-state index in [0.29, 0.717) is 40.7 Å². The number of dihydropyridines is 1. The van der Waals surface area contributed by atoms with Crippen molar-refractivity contribution in [3.8, 4) is 17.6 Å². The van der Waals surface area contributed by atoms with Gasteiger partial charge in [-0.2, -0.15) is 5.26 Å². The summed E-state index contributed by atoms with van der Waals surface area (Å²) < 4.78 is 11.6. The maximum Gasteiger partial charge on any atom is 0.162 e. The number of nitriles is 1. The monoisotopic (exact) mass is 462 g/mol. The smallest absolute Gasteiger partial charge is 0.162 e. The maximum atomic E-state index is 13.2. The van der Waals surface area contributed by atoms with E-state index in [1.54, 1.807) is 7.11 Å². The first-order chi connectivity index (χ1) is 15.7. The number of methoxy groups -OCH3 is 1. The number of carbonyl (C=O) groups is 1. The molecule has 0 saturated heterocycles. The molecule has 2 aromatic rings. The zero-order valence-electron chi connectivity index (χ0n) is 19.3. The lowest BCUT2D eigenvalue weighted by atomic mass is 9.69. The zero-order valence-corrected chi connectivity index (χ0v) is 20.0. The number of ether oxygens (including phenoxy) is 2. The molecule has 5 nitrogen and oxygen atoms in total. The number of ketones is 1. The molecule has 2 aliphatic rings. The van der Waals surface area contributed by atoms with Gasteiger partial charge in [-0.1, -0.05) is 43.6 Å². The average molecular weight is 463 g/mol. The van der Waals surface area contributed by atoms with Gasteiger partial charge >= 0.3 is 0 Å². The lowest BCUT2D eigenvalue weighted by Gasteiger charge is -2.38. The maximum absolute atomic E-state index is 13.2. The Morgan fingerprint density at radius 3 is 2.55 bits per heavy atom. The Labute approximate surface area is 199 Å². The predicted octanol–water partition coefficient (Wildman–Crippen LogP) is 6.06. The lowest BCUT2D eigenvalue weighted by molar-refractivity contribution is -0.118. The van der Waals surface area contributed by atoms with Crippen LogP contribution < -0.4 is 14.8 Å². The predicted molar refractivity (Wildman–Crippen MR) is 128 cm³/mol. The quantitative estimate of drug-likeness (QED) is 0.585. The third-order valence-corrected chi connectivity index (χ3v) is 6.44. The number of Topliss-reactive ketones (excluding diaryl/α,β-unsaturated/α-hetero) is 1. The number of allylic oxidation sites excluding steroid dienone is 4. The molecular formula is C27H27ClN2O3. The second-order valence-corrected chi connectivity index (χ2v) is 9.80. The summed E-state index contributed by atoms with van der Waals surface area (Å²) in [5, 5.41) is 13.9. The number of carbonyl (C=O) groups excluding carboxylic acids is 1. The standard InChI is InChI=1S/C27H27ClN2O3/c1-16-20(14-29)25(26-21(30-16)12-27(2,3)13-22(26)31)18-7-10-23(24(11-18)32-4)33-15-17-5-8-19(28)9-6-17/h5-11,25,30H,12-13,15H2,1-4H3.